The standard InChI is InChI=1S/C16H16BrClFNO/c1-3-20-16(12-6-4-10(17)8-14(12)18)13-9-11(19)5-7-15(13)21-2/h4-9,16,20H,3H2,1-2H3. The Morgan fingerprint density at radius 1 is 1.24 bits per heavy atom. The molecule has 0 heterocycles. The third-order valence-electron chi connectivity index (χ3n) is 3.18. The van der Waals surface area contributed by atoms with Crippen LogP contribution in [0.4, 0.5) is 4.39 Å². The van der Waals surface area contributed by atoms with Gasteiger partial charge in [0.25, 0.3) is 0 Å². The van der Waals surface area contributed by atoms with E-state index in [1.807, 2.05) is 25.1 Å². The number of methoxy groups -OCH3 is 1. The number of halogens is 3. The van der Waals surface area contributed by atoms with Gasteiger partial charge >= 0.3 is 0 Å². The summed E-state index contributed by atoms with van der Waals surface area (Å²) in [6, 6.07) is 9.91. The molecule has 1 unspecified atom stereocenters. The molecule has 0 amide bonds. The number of nitrogens with one attached hydrogen (secondary N) is 1. The average Bonchev–Trinajstić information content (AvgIpc) is 2.45. The normalized spacial score (nSPS) is 12.2. The largest absolute Gasteiger partial charge is 0.496 e. The van der Waals surface area contributed by atoms with E-state index in [0.717, 1.165) is 22.1 Å². The lowest BCUT2D eigenvalue weighted by atomic mass is 9.97. The van der Waals surface area contributed by atoms with Gasteiger partial charge in [-0.2, -0.15) is 0 Å². The van der Waals surface area contributed by atoms with Crippen molar-refractivity contribution in [1.29, 1.82) is 0 Å². The van der Waals surface area contributed by atoms with E-state index in [1.54, 1.807) is 13.2 Å². The molecule has 1 N–H and O–H groups in total. The van der Waals surface area contributed by atoms with Gasteiger partial charge < -0.3 is 10.1 Å². The number of rotatable bonds is 5. The smallest absolute Gasteiger partial charge is 0.124 e. The molecule has 2 aromatic carbocycles. The van der Waals surface area contributed by atoms with E-state index in [4.69, 9.17) is 16.3 Å². The van der Waals surface area contributed by atoms with Crippen LogP contribution in [0.15, 0.2) is 40.9 Å². The summed E-state index contributed by atoms with van der Waals surface area (Å²) < 4.78 is 19.9. The van der Waals surface area contributed by atoms with Gasteiger partial charge in [-0.1, -0.05) is 40.5 Å². The van der Waals surface area contributed by atoms with Crippen molar-refractivity contribution in [1.82, 2.24) is 5.32 Å². The van der Waals surface area contributed by atoms with E-state index >= 15 is 0 Å². The molecule has 0 saturated carbocycles. The van der Waals surface area contributed by atoms with Crippen LogP contribution in [0.3, 0.4) is 0 Å². The Labute approximate surface area is 137 Å². The summed E-state index contributed by atoms with van der Waals surface area (Å²) in [5.41, 5.74) is 1.61. The van der Waals surface area contributed by atoms with Crippen molar-refractivity contribution in [2.24, 2.45) is 0 Å². The fourth-order valence-corrected chi connectivity index (χ4v) is 3.04. The van der Waals surface area contributed by atoms with Crippen LogP contribution in [0.1, 0.15) is 24.1 Å². The van der Waals surface area contributed by atoms with E-state index < -0.39 is 0 Å². The lowest BCUT2D eigenvalue weighted by Gasteiger charge is -2.22. The predicted molar refractivity (Wildman–Crippen MR) is 87.6 cm³/mol. The summed E-state index contributed by atoms with van der Waals surface area (Å²) in [5.74, 6) is 0.322. The number of hydrogen-bond donors (Lipinski definition) is 1. The minimum atomic E-state index is -0.304. The molecule has 0 saturated heterocycles. The third-order valence-corrected chi connectivity index (χ3v) is 4.01. The van der Waals surface area contributed by atoms with Crippen molar-refractivity contribution in [3.8, 4) is 5.75 Å². The molecule has 2 nitrogen and oxygen atoms in total. The molecule has 5 heteroatoms. The quantitative estimate of drug-likeness (QED) is 0.802. The Balaban J connectivity index is 2.55. The van der Waals surface area contributed by atoms with Gasteiger partial charge in [-0.05, 0) is 42.4 Å². The van der Waals surface area contributed by atoms with Gasteiger partial charge in [0.15, 0.2) is 0 Å². The van der Waals surface area contributed by atoms with Gasteiger partial charge in [0, 0.05) is 15.1 Å². The molecule has 0 spiro atoms. The van der Waals surface area contributed by atoms with Gasteiger partial charge in [0.1, 0.15) is 11.6 Å². The van der Waals surface area contributed by atoms with E-state index in [9.17, 15) is 4.39 Å². The second-order valence-corrected chi connectivity index (χ2v) is 5.87. The van der Waals surface area contributed by atoms with Crippen LogP contribution in [0.2, 0.25) is 5.02 Å². The summed E-state index contributed by atoms with van der Waals surface area (Å²) in [5, 5.41) is 3.94. The lowest BCUT2D eigenvalue weighted by molar-refractivity contribution is 0.402. The summed E-state index contributed by atoms with van der Waals surface area (Å²) in [7, 11) is 1.57. The SMILES string of the molecule is CCNC(c1ccc(Br)cc1Cl)c1cc(F)ccc1OC. The lowest BCUT2D eigenvalue weighted by Crippen LogP contribution is -2.23. The molecule has 2 rings (SSSR count). The van der Waals surface area contributed by atoms with E-state index in [1.165, 1.54) is 12.1 Å². The van der Waals surface area contributed by atoms with Crippen LogP contribution in [-0.4, -0.2) is 13.7 Å². The van der Waals surface area contributed by atoms with E-state index in [2.05, 4.69) is 21.2 Å². The first kappa shape index (κ1) is 16.3. The molecular weight excluding hydrogens is 357 g/mol. The fourth-order valence-electron chi connectivity index (χ4n) is 2.26. The summed E-state index contributed by atoms with van der Waals surface area (Å²) >= 11 is 9.73. The second kappa shape index (κ2) is 7.25. The summed E-state index contributed by atoms with van der Waals surface area (Å²) in [6.07, 6.45) is 0. The van der Waals surface area contributed by atoms with E-state index in [-0.39, 0.29) is 11.9 Å². The molecule has 0 bridgehead atoms. The highest BCUT2D eigenvalue weighted by atomic mass is 79.9. The second-order valence-electron chi connectivity index (χ2n) is 4.54. The molecule has 0 aliphatic rings. The highest BCUT2D eigenvalue weighted by molar-refractivity contribution is 9.10. The predicted octanol–water partition coefficient (Wildman–Crippen LogP) is 4.95. The van der Waals surface area contributed by atoms with Crippen molar-refractivity contribution < 1.29 is 9.13 Å². The van der Waals surface area contributed by atoms with Crippen LogP contribution in [0.25, 0.3) is 0 Å². The van der Waals surface area contributed by atoms with Crippen molar-refractivity contribution in [2.45, 2.75) is 13.0 Å². The number of benzene rings is 2. The molecule has 1 atom stereocenters. The molecule has 0 aliphatic heterocycles. The van der Waals surface area contributed by atoms with Crippen LogP contribution >= 0.6 is 27.5 Å². The first-order valence-corrected chi connectivity index (χ1v) is 7.75. The van der Waals surface area contributed by atoms with Crippen molar-refractivity contribution >= 4 is 27.5 Å². The summed E-state index contributed by atoms with van der Waals surface area (Å²) in [6.45, 7) is 2.71. The van der Waals surface area contributed by atoms with Crippen molar-refractivity contribution in [3.63, 3.8) is 0 Å². The Morgan fingerprint density at radius 2 is 2.00 bits per heavy atom. The maximum atomic E-state index is 13.6. The Hall–Kier alpha value is -1.10. The van der Waals surface area contributed by atoms with Crippen LogP contribution in [0.5, 0.6) is 5.75 Å². The minimum absolute atomic E-state index is 0.235. The van der Waals surface area contributed by atoms with Gasteiger partial charge in [-0.25, -0.2) is 4.39 Å². The fraction of sp³-hybridized carbons (Fsp3) is 0.250. The Kier molecular flexibility index (Phi) is 5.62. The average molecular weight is 373 g/mol. The molecule has 2 aromatic rings. The monoisotopic (exact) mass is 371 g/mol. The molecule has 0 fully saturated rings. The first-order chi connectivity index (χ1) is 10.1. The maximum Gasteiger partial charge on any atom is 0.124 e. The topological polar surface area (TPSA) is 21.3 Å². The zero-order chi connectivity index (χ0) is 15.4. The molecule has 112 valence electrons. The van der Waals surface area contributed by atoms with Gasteiger partial charge in [0.2, 0.25) is 0 Å². The van der Waals surface area contributed by atoms with E-state index in [0.29, 0.717) is 10.8 Å². The Morgan fingerprint density at radius 3 is 2.62 bits per heavy atom. The zero-order valence-electron chi connectivity index (χ0n) is 11.8. The van der Waals surface area contributed by atoms with Crippen molar-refractivity contribution in [2.75, 3.05) is 13.7 Å². The highest BCUT2D eigenvalue weighted by Crippen LogP contribution is 2.35. The van der Waals surface area contributed by atoms with Crippen LogP contribution in [0, 0.1) is 5.82 Å². The van der Waals surface area contributed by atoms with Gasteiger partial charge in [0.05, 0.1) is 13.2 Å². The van der Waals surface area contributed by atoms with Gasteiger partial charge in [-0.15, -0.1) is 0 Å². The zero-order valence-corrected chi connectivity index (χ0v) is 14.1. The van der Waals surface area contributed by atoms with Crippen LogP contribution < -0.4 is 10.1 Å². The van der Waals surface area contributed by atoms with Crippen molar-refractivity contribution in [3.05, 3.63) is 62.8 Å². The number of hydrogen-bond acceptors (Lipinski definition) is 2. The van der Waals surface area contributed by atoms with Gasteiger partial charge in [-0.3, -0.25) is 0 Å². The molecule has 0 aliphatic carbocycles. The summed E-state index contributed by atoms with van der Waals surface area (Å²) in [4.78, 5) is 0. The third kappa shape index (κ3) is 3.76. The molecule has 0 radical (unpaired) electrons. The Bertz CT molecular complexity index is 636. The van der Waals surface area contributed by atoms with Crippen LogP contribution in [-0.2, 0) is 0 Å². The number of ether oxygens (including phenoxy) is 1. The maximum absolute atomic E-state index is 13.6. The molecular formula is C16H16BrClFNO. The highest BCUT2D eigenvalue weighted by Gasteiger charge is 2.20. The first-order valence-electron chi connectivity index (χ1n) is 6.58. The molecule has 0 aromatic heterocycles. The minimum Gasteiger partial charge on any atom is -0.496 e. The molecule has 21 heavy (non-hydrogen) atoms.